The number of ether oxygens (including phenoxy) is 2. The van der Waals surface area contributed by atoms with Crippen LogP contribution in [0, 0.1) is 6.92 Å². The van der Waals surface area contributed by atoms with E-state index in [1.807, 2.05) is 31.2 Å². The lowest BCUT2D eigenvalue weighted by Gasteiger charge is -2.36. The van der Waals surface area contributed by atoms with E-state index in [2.05, 4.69) is 10.6 Å². The Morgan fingerprint density at radius 1 is 1.36 bits per heavy atom. The number of para-hydroxylation sites is 1. The van der Waals surface area contributed by atoms with E-state index in [9.17, 15) is 9.59 Å². The summed E-state index contributed by atoms with van der Waals surface area (Å²) in [5.74, 6) is 0.782. The van der Waals surface area contributed by atoms with Crippen molar-refractivity contribution in [1.82, 2.24) is 10.6 Å². The summed E-state index contributed by atoms with van der Waals surface area (Å²) < 4.78 is 11.4. The average molecular weight is 346 g/mol. The Morgan fingerprint density at radius 2 is 2.20 bits per heavy atom. The van der Waals surface area contributed by atoms with Crippen molar-refractivity contribution in [2.75, 3.05) is 13.2 Å². The third-order valence-electron chi connectivity index (χ3n) is 4.84. The van der Waals surface area contributed by atoms with Crippen molar-refractivity contribution in [3.05, 3.63) is 29.8 Å². The molecule has 2 saturated heterocycles. The third kappa shape index (κ3) is 4.72. The molecule has 25 heavy (non-hydrogen) atoms. The predicted molar refractivity (Wildman–Crippen MR) is 93.4 cm³/mol. The number of amides is 2. The van der Waals surface area contributed by atoms with Crippen molar-refractivity contribution in [3.63, 3.8) is 0 Å². The topological polar surface area (TPSA) is 76.7 Å². The lowest BCUT2D eigenvalue weighted by atomic mass is 9.92. The van der Waals surface area contributed by atoms with Gasteiger partial charge in [0.25, 0.3) is 0 Å². The number of nitrogens with one attached hydrogen (secondary N) is 2. The van der Waals surface area contributed by atoms with E-state index in [1.165, 1.54) is 0 Å². The molecule has 6 nitrogen and oxygen atoms in total. The molecule has 0 saturated carbocycles. The highest BCUT2D eigenvalue weighted by atomic mass is 16.5. The Balaban J connectivity index is 1.48. The molecule has 2 fully saturated rings. The predicted octanol–water partition coefficient (Wildman–Crippen LogP) is 1.71. The van der Waals surface area contributed by atoms with Crippen molar-refractivity contribution < 1.29 is 19.1 Å². The van der Waals surface area contributed by atoms with E-state index in [-0.39, 0.29) is 36.4 Å². The zero-order valence-electron chi connectivity index (χ0n) is 14.6. The largest absolute Gasteiger partial charge is 0.493 e. The van der Waals surface area contributed by atoms with Gasteiger partial charge >= 0.3 is 0 Å². The van der Waals surface area contributed by atoms with Crippen LogP contribution in [0.5, 0.6) is 5.75 Å². The van der Waals surface area contributed by atoms with Gasteiger partial charge in [-0.15, -0.1) is 0 Å². The molecule has 0 aromatic heterocycles. The van der Waals surface area contributed by atoms with Crippen LogP contribution in [0.25, 0.3) is 0 Å². The van der Waals surface area contributed by atoms with Gasteiger partial charge in [-0.05, 0) is 37.8 Å². The van der Waals surface area contributed by atoms with Crippen LogP contribution in [-0.2, 0) is 14.3 Å². The van der Waals surface area contributed by atoms with Crippen LogP contribution in [0.15, 0.2) is 24.3 Å². The zero-order valence-corrected chi connectivity index (χ0v) is 14.6. The van der Waals surface area contributed by atoms with Gasteiger partial charge in [-0.2, -0.15) is 0 Å². The molecular formula is C19H26N2O4. The first-order valence-electron chi connectivity index (χ1n) is 9.02. The van der Waals surface area contributed by atoms with Crippen LogP contribution in [0.3, 0.4) is 0 Å². The quantitative estimate of drug-likeness (QED) is 0.822. The Kier molecular flexibility index (Phi) is 5.91. The van der Waals surface area contributed by atoms with Gasteiger partial charge in [0, 0.05) is 13.0 Å². The van der Waals surface area contributed by atoms with Crippen LogP contribution >= 0.6 is 0 Å². The number of benzene rings is 1. The van der Waals surface area contributed by atoms with Crippen LogP contribution in [0.1, 0.15) is 37.7 Å². The molecule has 0 radical (unpaired) electrons. The fourth-order valence-corrected chi connectivity index (χ4v) is 3.48. The molecule has 2 aliphatic rings. The molecular weight excluding hydrogens is 320 g/mol. The van der Waals surface area contributed by atoms with Crippen molar-refractivity contribution in [2.24, 2.45) is 0 Å². The molecule has 1 aromatic carbocycles. The molecule has 3 rings (SSSR count). The first kappa shape index (κ1) is 17.7. The summed E-state index contributed by atoms with van der Waals surface area (Å²) in [5, 5.41) is 6.05. The molecule has 3 atom stereocenters. The van der Waals surface area contributed by atoms with Gasteiger partial charge in [-0.3, -0.25) is 9.59 Å². The minimum Gasteiger partial charge on any atom is -0.493 e. The molecule has 6 heteroatoms. The second-order valence-corrected chi connectivity index (χ2v) is 6.72. The standard InChI is InChI=1S/C19H26N2O4/c1-13-5-2-3-6-15(13)25-12-10-18(23)20-14-8-9-17(22)21-19(14)16-7-4-11-24-16/h2-3,5-6,14,16,19H,4,7-12H2,1H3,(H,20,23)(H,21,22)/t14-,16?,19-/m0/s1. The number of rotatable bonds is 6. The molecule has 0 aliphatic carbocycles. The summed E-state index contributed by atoms with van der Waals surface area (Å²) >= 11 is 0. The van der Waals surface area contributed by atoms with Gasteiger partial charge in [0.2, 0.25) is 11.8 Å². The molecule has 1 unspecified atom stereocenters. The first-order chi connectivity index (χ1) is 12.1. The molecule has 2 amide bonds. The fraction of sp³-hybridized carbons (Fsp3) is 0.579. The highest BCUT2D eigenvalue weighted by Crippen LogP contribution is 2.22. The summed E-state index contributed by atoms with van der Waals surface area (Å²) in [4.78, 5) is 24.0. The Hall–Kier alpha value is -2.08. The van der Waals surface area contributed by atoms with Crippen LogP contribution in [0.2, 0.25) is 0 Å². The van der Waals surface area contributed by atoms with Gasteiger partial charge in [0.1, 0.15) is 5.75 Å². The van der Waals surface area contributed by atoms with Crippen molar-refractivity contribution in [3.8, 4) is 5.75 Å². The summed E-state index contributed by atoms with van der Waals surface area (Å²) in [6, 6.07) is 7.54. The second-order valence-electron chi connectivity index (χ2n) is 6.72. The molecule has 2 aliphatic heterocycles. The van der Waals surface area contributed by atoms with Crippen molar-refractivity contribution >= 4 is 11.8 Å². The monoisotopic (exact) mass is 346 g/mol. The van der Waals surface area contributed by atoms with Crippen molar-refractivity contribution in [2.45, 2.75) is 57.2 Å². The summed E-state index contributed by atoms with van der Waals surface area (Å²) in [6.45, 7) is 3.04. The molecule has 2 N–H and O–H groups in total. The van der Waals surface area contributed by atoms with Gasteiger partial charge in [0.05, 0.1) is 31.2 Å². The van der Waals surface area contributed by atoms with E-state index in [4.69, 9.17) is 9.47 Å². The van der Waals surface area contributed by atoms with E-state index in [1.54, 1.807) is 0 Å². The number of piperidine rings is 1. The molecule has 0 bridgehead atoms. The van der Waals surface area contributed by atoms with Crippen LogP contribution < -0.4 is 15.4 Å². The third-order valence-corrected chi connectivity index (χ3v) is 4.84. The second kappa shape index (κ2) is 8.34. The Bertz CT molecular complexity index is 613. The van der Waals surface area contributed by atoms with Crippen LogP contribution in [-0.4, -0.2) is 43.2 Å². The summed E-state index contributed by atoms with van der Waals surface area (Å²) in [5.41, 5.74) is 1.05. The maximum atomic E-state index is 12.3. The van der Waals surface area contributed by atoms with Crippen LogP contribution in [0.4, 0.5) is 0 Å². The SMILES string of the molecule is Cc1ccccc1OCCC(=O)N[C@H]1CCC(=O)N[C@@H]1C1CCCO1. The van der Waals surface area contributed by atoms with E-state index < -0.39 is 0 Å². The molecule has 2 heterocycles. The maximum Gasteiger partial charge on any atom is 0.223 e. The number of carbonyl (C=O) groups is 2. The van der Waals surface area contributed by atoms with Gasteiger partial charge in [-0.1, -0.05) is 18.2 Å². The van der Waals surface area contributed by atoms with Crippen molar-refractivity contribution in [1.29, 1.82) is 0 Å². The lowest BCUT2D eigenvalue weighted by Crippen LogP contribution is -2.60. The van der Waals surface area contributed by atoms with Gasteiger partial charge < -0.3 is 20.1 Å². The Labute approximate surface area is 148 Å². The van der Waals surface area contributed by atoms with E-state index in [0.29, 0.717) is 19.4 Å². The summed E-state index contributed by atoms with van der Waals surface area (Å²) in [7, 11) is 0. The summed E-state index contributed by atoms with van der Waals surface area (Å²) in [6.07, 6.45) is 3.30. The maximum absolute atomic E-state index is 12.3. The normalized spacial score (nSPS) is 26.1. The highest BCUT2D eigenvalue weighted by molar-refractivity contribution is 5.79. The fourth-order valence-electron chi connectivity index (χ4n) is 3.48. The van der Waals surface area contributed by atoms with Gasteiger partial charge in [-0.25, -0.2) is 0 Å². The molecule has 0 spiro atoms. The average Bonchev–Trinajstić information content (AvgIpc) is 3.12. The smallest absolute Gasteiger partial charge is 0.223 e. The number of hydrogen-bond acceptors (Lipinski definition) is 4. The minimum absolute atomic E-state index is 0.00207. The Morgan fingerprint density at radius 3 is 2.96 bits per heavy atom. The highest BCUT2D eigenvalue weighted by Gasteiger charge is 2.37. The number of aryl methyl sites for hydroxylation is 1. The van der Waals surface area contributed by atoms with E-state index >= 15 is 0 Å². The molecule has 136 valence electrons. The minimum atomic E-state index is -0.134. The van der Waals surface area contributed by atoms with E-state index in [0.717, 1.165) is 30.8 Å². The zero-order chi connectivity index (χ0) is 17.6. The number of carbonyl (C=O) groups excluding carboxylic acids is 2. The first-order valence-corrected chi connectivity index (χ1v) is 9.02. The lowest BCUT2D eigenvalue weighted by molar-refractivity contribution is -0.128. The number of hydrogen-bond donors (Lipinski definition) is 2. The molecule has 1 aromatic rings. The van der Waals surface area contributed by atoms with Gasteiger partial charge in [0.15, 0.2) is 0 Å².